The van der Waals surface area contributed by atoms with Crippen molar-refractivity contribution in [3.63, 3.8) is 0 Å². The molecule has 5 N–H and O–H groups in total. The third kappa shape index (κ3) is 27.0. The fourth-order valence-electron chi connectivity index (χ4n) is 4.03. The van der Waals surface area contributed by atoms with E-state index >= 15 is 0 Å². The van der Waals surface area contributed by atoms with E-state index in [0.29, 0.717) is 6.42 Å². The van der Waals surface area contributed by atoms with E-state index in [1.54, 1.807) is 0 Å². The number of esters is 2. The highest BCUT2D eigenvalue weighted by molar-refractivity contribution is 7.47. The van der Waals surface area contributed by atoms with Gasteiger partial charge < -0.3 is 30.3 Å². The summed E-state index contributed by atoms with van der Waals surface area (Å²) in [4.78, 5) is 44.7. The highest BCUT2D eigenvalue weighted by atomic mass is 31.2. The predicted octanol–water partition coefficient (Wildman–Crippen LogP) is 5.19. The van der Waals surface area contributed by atoms with Crippen molar-refractivity contribution in [3.8, 4) is 0 Å². The number of carboxylic acids is 1. The van der Waals surface area contributed by atoms with E-state index in [-0.39, 0.29) is 45.4 Å². The zero-order valence-corrected chi connectivity index (χ0v) is 26.2. The second-order valence-corrected chi connectivity index (χ2v) is 11.8. The van der Waals surface area contributed by atoms with Crippen molar-refractivity contribution in [1.82, 2.24) is 0 Å². The van der Waals surface area contributed by atoms with Gasteiger partial charge in [-0.15, -0.1) is 0 Å². The lowest BCUT2D eigenvalue weighted by molar-refractivity contribution is -0.161. The summed E-state index contributed by atoms with van der Waals surface area (Å²) in [6, 6.07) is 0. The quantitative estimate of drug-likeness (QED) is 0.0370. The maximum Gasteiger partial charge on any atom is 0.472 e. The summed E-state index contributed by atoms with van der Waals surface area (Å²) in [5.41, 5.74) is 5.26. The molecule has 0 saturated heterocycles. The largest absolute Gasteiger partial charge is 0.478 e. The van der Waals surface area contributed by atoms with Gasteiger partial charge in [-0.05, 0) is 25.3 Å². The topological polar surface area (TPSA) is 192 Å². The zero-order valence-electron chi connectivity index (χ0n) is 25.3. The number of hydrogen-bond acceptors (Lipinski definition) is 10. The Morgan fingerprint density at radius 3 is 1.90 bits per heavy atom. The maximum absolute atomic E-state index is 12.3. The maximum atomic E-state index is 12.3. The van der Waals surface area contributed by atoms with Gasteiger partial charge in [0.2, 0.25) is 0 Å². The van der Waals surface area contributed by atoms with Crippen LogP contribution < -0.4 is 5.73 Å². The van der Waals surface area contributed by atoms with Crippen molar-refractivity contribution >= 4 is 25.7 Å². The highest BCUT2D eigenvalue weighted by Gasteiger charge is 2.26. The van der Waals surface area contributed by atoms with Gasteiger partial charge in [-0.1, -0.05) is 84.0 Å². The second kappa shape index (κ2) is 26.8. The Morgan fingerprint density at radius 2 is 1.36 bits per heavy atom. The van der Waals surface area contributed by atoms with Crippen LogP contribution in [0.1, 0.15) is 116 Å². The average molecular weight is 624 g/mol. The number of phosphoric ester groups is 1. The summed E-state index contributed by atoms with van der Waals surface area (Å²) in [7, 11) is -4.45. The number of carboxylic acid groups (broad SMARTS) is 1. The molecule has 0 bridgehead atoms. The normalized spacial score (nSPS) is 14.4. The van der Waals surface area contributed by atoms with Crippen molar-refractivity contribution in [2.45, 2.75) is 128 Å². The molecule has 0 aromatic rings. The Morgan fingerprint density at radius 1 is 0.810 bits per heavy atom. The molecule has 0 aliphatic carbocycles. The lowest BCUT2D eigenvalue weighted by atomic mass is 10.0. The van der Waals surface area contributed by atoms with Crippen molar-refractivity contribution in [3.05, 3.63) is 12.2 Å². The molecule has 13 heteroatoms. The molecule has 0 aromatic heterocycles. The molecule has 3 atom stereocenters. The number of aliphatic hydroxyl groups excluding tert-OH is 1. The molecule has 0 radical (unpaired) electrons. The Hall–Kier alpha value is -1.82. The van der Waals surface area contributed by atoms with Crippen LogP contribution in [0.2, 0.25) is 0 Å². The summed E-state index contributed by atoms with van der Waals surface area (Å²) in [5, 5.41) is 18.3. The second-order valence-electron chi connectivity index (χ2n) is 10.3. The summed E-state index contributed by atoms with van der Waals surface area (Å²) in [5.74, 6) is -2.38. The van der Waals surface area contributed by atoms with Gasteiger partial charge in [-0.3, -0.25) is 18.6 Å². The molecule has 12 nitrogen and oxygen atoms in total. The molecule has 0 saturated carbocycles. The molecule has 0 aromatic carbocycles. The number of carbonyl (C=O) groups is 3. The lowest BCUT2D eigenvalue weighted by Crippen LogP contribution is -2.29. The molecule has 0 heterocycles. The summed E-state index contributed by atoms with van der Waals surface area (Å²) >= 11 is 0. The molecule has 2 unspecified atom stereocenters. The molecular weight excluding hydrogens is 569 g/mol. The number of aliphatic carboxylic acids is 1. The van der Waals surface area contributed by atoms with Crippen molar-refractivity contribution in [2.24, 2.45) is 5.73 Å². The third-order valence-corrected chi connectivity index (χ3v) is 7.33. The molecule has 0 aliphatic heterocycles. The Balaban J connectivity index is 4.35. The number of nitrogens with two attached hydrogens (primary N) is 1. The van der Waals surface area contributed by atoms with Crippen LogP contribution in [0.5, 0.6) is 0 Å². The van der Waals surface area contributed by atoms with E-state index in [1.807, 2.05) is 0 Å². The standard InChI is InChI=1S/C29H54NO11P/c1-2-3-4-5-6-7-8-9-10-11-12-13-14-17-28(34)38-23-26(24-40-42(36,37)39-22-21-30)41-29(35)18-15-16-25(31)19-20-27(32)33/h19-20,25-26,31H,2-18,21-24,30H2,1H3,(H,32,33)(H,36,37)/b20-19+/t25?,26-/m1/s1. The van der Waals surface area contributed by atoms with Crippen LogP contribution in [0.3, 0.4) is 0 Å². The van der Waals surface area contributed by atoms with E-state index in [4.69, 9.17) is 24.8 Å². The fourth-order valence-corrected chi connectivity index (χ4v) is 4.80. The first-order valence-electron chi connectivity index (χ1n) is 15.4. The first kappa shape index (κ1) is 40.2. The SMILES string of the molecule is CCCCCCCCCCCCCCCC(=O)OC[C@H](COP(=O)(O)OCCN)OC(=O)CCCC(O)/C=C/C(=O)O. The lowest BCUT2D eigenvalue weighted by Gasteiger charge is -2.20. The molecular formula is C29H54NO11P. The van der Waals surface area contributed by atoms with E-state index in [1.165, 1.54) is 57.8 Å². The van der Waals surface area contributed by atoms with Gasteiger partial charge in [-0.2, -0.15) is 0 Å². The molecule has 0 aliphatic rings. The first-order valence-corrected chi connectivity index (χ1v) is 16.8. The smallest absolute Gasteiger partial charge is 0.472 e. The zero-order chi connectivity index (χ0) is 31.5. The van der Waals surface area contributed by atoms with Crippen LogP contribution in [0.15, 0.2) is 12.2 Å². The Bertz CT molecular complexity index is 794. The summed E-state index contributed by atoms with van der Waals surface area (Å²) in [6.45, 7) is 1.08. The van der Waals surface area contributed by atoms with Gasteiger partial charge in [0.15, 0.2) is 6.10 Å². The van der Waals surface area contributed by atoms with Gasteiger partial charge in [0, 0.05) is 25.5 Å². The number of phosphoric acid groups is 1. The molecule has 42 heavy (non-hydrogen) atoms. The minimum Gasteiger partial charge on any atom is -0.478 e. The number of aliphatic hydroxyl groups is 1. The average Bonchev–Trinajstić information content (AvgIpc) is 2.94. The summed E-state index contributed by atoms with van der Waals surface area (Å²) < 4.78 is 31.9. The number of ether oxygens (including phenoxy) is 2. The minimum absolute atomic E-state index is 0.00334. The van der Waals surface area contributed by atoms with Gasteiger partial charge >= 0.3 is 25.7 Å². The van der Waals surface area contributed by atoms with Gasteiger partial charge in [0.05, 0.1) is 19.3 Å². The third-order valence-electron chi connectivity index (χ3n) is 6.35. The van der Waals surface area contributed by atoms with E-state index in [2.05, 4.69) is 11.4 Å². The van der Waals surface area contributed by atoms with E-state index in [0.717, 1.165) is 31.4 Å². The number of carbonyl (C=O) groups excluding carboxylic acids is 2. The Labute approximate surface area is 250 Å². The van der Waals surface area contributed by atoms with Crippen LogP contribution in [0.4, 0.5) is 0 Å². The van der Waals surface area contributed by atoms with Crippen LogP contribution in [-0.2, 0) is 37.5 Å². The van der Waals surface area contributed by atoms with Gasteiger partial charge in [0.1, 0.15) is 6.61 Å². The minimum atomic E-state index is -4.45. The van der Waals surface area contributed by atoms with Gasteiger partial charge in [0.25, 0.3) is 0 Å². The van der Waals surface area contributed by atoms with E-state index in [9.17, 15) is 28.9 Å². The molecule has 0 fully saturated rings. The molecule has 246 valence electrons. The fraction of sp³-hybridized carbons (Fsp3) is 0.828. The van der Waals surface area contributed by atoms with Gasteiger partial charge in [-0.25, -0.2) is 9.36 Å². The number of hydrogen-bond donors (Lipinski definition) is 4. The first-order chi connectivity index (χ1) is 20.1. The van der Waals surface area contributed by atoms with Crippen LogP contribution >= 0.6 is 7.82 Å². The van der Waals surface area contributed by atoms with Crippen LogP contribution in [-0.4, -0.2) is 71.6 Å². The monoisotopic (exact) mass is 623 g/mol. The number of rotatable bonds is 29. The van der Waals surface area contributed by atoms with Crippen molar-refractivity contribution in [2.75, 3.05) is 26.4 Å². The predicted molar refractivity (Wildman–Crippen MR) is 159 cm³/mol. The van der Waals surface area contributed by atoms with Crippen LogP contribution in [0, 0.1) is 0 Å². The van der Waals surface area contributed by atoms with Crippen molar-refractivity contribution < 1.29 is 52.6 Å². The number of unbranched alkanes of at least 4 members (excludes halogenated alkanes) is 12. The highest BCUT2D eigenvalue weighted by Crippen LogP contribution is 2.43. The molecule has 0 amide bonds. The van der Waals surface area contributed by atoms with Crippen LogP contribution in [0.25, 0.3) is 0 Å². The Kier molecular flexibility index (Phi) is 25.6. The van der Waals surface area contributed by atoms with E-state index < -0.39 is 44.5 Å². The molecule has 0 rings (SSSR count). The summed E-state index contributed by atoms with van der Waals surface area (Å²) in [6.07, 6.45) is 15.5. The molecule has 0 spiro atoms. The van der Waals surface area contributed by atoms with Crippen molar-refractivity contribution in [1.29, 1.82) is 0 Å².